The number of carbonyl (C=O) groups excluding carboxylic acids is 1. The van der Waals surface area contributed by atoms with E-state index in [9.17, 15) is 4.79 Å². The van der Waals surface area contributed by atoms with Gasteiger partial charge in [-0.2, -0.15) is 0 Å². The fourth-order valence-electron chi connectivity index (χ4n) is 1.43. The van der Waals surface area contributed by atoms with Crippen molar-refractivity contribution in [2.75, 3.05) is 6.61 Å². The third kappa shape index (κ3) is 3.93. The zero-order valence-corrected chi connectivity index (χ0v) is 11.1. The second-order valence-electron chi connectivity index (χ2n) is 3.68. The summed E-state index contributed by atoms with van der Waals surface area (Å²) in [5.41, 5.74) is 0.903. The summed E-state index contributed by atoms with van der Waals surface area (Å²) in [5, 5.41) is 0.652. The van der Waals surface area contributed by atoms with Crippen molar-refractivity contribution in [1.29, 1.82) is 0 Å². The van der Waals surface area contributed by atoms with Crippen molar-refractivity contribution in [3.8, 4) is 5.75 Å². The third-order valence-electron chi connectivity index (χ3n) is 2.33. The van der Waals surface area contributed by atoms with Crippen molar-refractivity contribution >= 4 is 17.6 Å². The van der Waals surface area contributed by atoms with Gasteiger partial charge in [0, 0.05) is 5.02 Å². The Kier molecular flexibility index (Phi) is 5.29. The molecule has 0 N–H and O–H groups in total. The highest BCUT2D eigenvalue weighted by Gasteiger charge is 2.20. The van der Waals surface area contributed by atoms with Crippen LogP contribution in [0.2, 0.25) is 5.02 Å². The van der Waals surface area contributed by atoms with Crippen molar-refractivity contribution in [3.05, 3.63) is 28.8 Å². The minimum Gasteiger partial charge on any atom is -0.478 e. The van der Waals surface area contributed by atoms with Gasteiger partial charge in [-0.3, -0.25) is 0 Å². The lowest BCUT2D eigenvalue weighted by atomic mass is 10.2. The van der Waals surface area contributed by atoms with Crippen molar-refractivity contribution < 1.29 is 14.3 Å². The molecule has 1 aromatic rings. The first-order chi connectivity index (χ1) is 8.08. The molecular formula is C13H17ClO3. The molecule has 4 heteroatoms. The SMILES string of the molecule is CCOC(=O)C(CC)Oc1ccc(Cl)cc1C. The van der Waals surface area contributed by atoms with Crippen LogP contribution < -0.4 is 4.74 Å². The number of hydrogen-bond donors (Lipinski definition) is 0. The van der Waals surface area contributed by atoms with Crippen molar-refractivity contribution in [2.24, 2.45) is 0 Å². The Morgan fingerprint density at radius 2 is 2.12 bits per heavy atom. The lowest BCUT2D eigenvalue weighted by Crippen LogP contribution is -2.28. The Morgan fingerprint density at radius 1 is 1.41 bits per heavy atom. The van der Waals surface area contributed by atoms with E-state index in [4.69, 9.17) is 21.1 Å². The highest BCUT2D eigenvalue weighted by Crippen LogP contribution is 2.23. The molecule has 0 aliphatic carbocycles. The van der Waals surface area contributed by atoms with E-state index in [1.807, 2.05) is 13.8 Å². The standard InChI is InChI=1S/C13H17ClO3/c1-4-11(13(15)16-5-2)17-12-7-6-10(14)8-9(12)3/h6-8,11H,4-5H2,1-3H3. The first-order valence-electron chi connectivity index (χ1n) is 5.67. The fraction of sp³-hybridized carbons (Fsp3) is 0.462. The molecule has 0 saturated carbocycles. The first-order valence-corrected chi connectivity index (χ1v) is 6.05. The highest BCUT2D eigenvalue weighted by atomic mass is 35.5. The van der Waals surface area contributed by atoms with E-state index in [1.165, 1.54) is 0 Å². The summed E-state index contributed by atoms with van der Waals surface area (Å²) in [6.07, 6.45) is 0.00999. The lowest BCUT2D eigenvalue weighted by molar-refractivity contribution is -0.151. The van der Waals surface area contributed by atoms with Crippen LogP contribution in [0.25, 0.3) is 0 Å². The van der Waals surface area contributed by atoms with Gasteiger partial charge >= 0.3 is 5.97 Å². The molecule has 1 atom stereocenters. The fourth-order valence-corrected chi connectivity index (χ4v) is 1.66. The summed E-state index contributed by atoms with van der Waals surface area (Å²) in [5.74, 6) is 0.332. The quantitative estimate of drug-likeness (QED) is 0.758. The number of benzene rings is 1. The van der Waals surface area contributed by atoms with Gasteiger partial charge in [-0.15, -0.1) is 0 Å². The van der Waals surface area contributed by atoms with E-state index in [0.29, 0.717) is 23.8 Å². The molecule has 17 heavy (non-hydrogen) atoms. The van der Waals surface area contributed by atoms with E-state index < -0.39 is 6.10 Å². The van der Waals surface area contributed by atoms with Crippen LogP contribution >= 0.6 is 11.6 Å². The maximum absolute atomic E-state index is 11.6. The Morgan fingerprint density at radius 3 is 2.65 bits per heavy atom. The lowest BCUT2D eigenvalue weighted by Gasteiger charge is -2.17. The molecule has 0 radical (unpaired) electrons. The number of hydrogen-bond acceptors (Lipinski definition) is 3. The van der Waals surface area contributed by atoms with Crippen molar-refractivity contribution in [3.63, 3.8) is 0 Å². The number of ether oxygens (including phenoxy) is 2. The van der Waals surface area contributed by atoms with Crippen LogP contribution in [-0.4, -0.2) is 18.7 Å². The van der Waals surface area contributed by atoms with Crippen LogP contribution in [0.1, 0.15) is 25.8 Å². The van der Waals surface area contributed by atoms with Gasteiger partial charge in [0.05, 0.1) is 6.61 Å². The van der Waals surface area contributed by atoms with Gasteiger partial charge in [-0.25, -0.2) is 4.79 Å². The number of esters is 1. The summed E-state index contributed by atoms with van der Waals surface area (Å²) in [6, 6.07) is 5.30. The summed E-state index contributed by atoms with van der Waals surface area (Å²) < 4.78 is 10.6. The topological polar surface area (TPSA) is 35.5 Å². The van der Waals surface area contributed by atoms with Gasteiger partial charge in [0.25, 0.3) is 0 Å². The van der Waals surface area contributed by atoms with Crippen LogP contribution in [-0.2, 0) is 9.53 Å². The molecule has 0 saturated heterocycles. The molecule has 0 amide bonds. The average molecular weight is 257 g/mol. The number of aryl methyl sites for hydroxylation is 1. The predicted molar refractivity (Wildman–Crippen MR) is 67.5 cm³/mol. The number of rotatable bonds is 5. The molecule has 0 aliphatic heterocycles. The third-order valence-corrected chi connectivity index (χ3v) is 2.56. The monoisotopic (exact) mass is 256 g/mol. The summed E-state index contributed by atoms with van der Waals surface area (Å²) in [7, 11) is 0. The second-order valence-corrected chi connectivity index (χ2v) is 4.11. The molecular weight excluding hydrogens is 240 g/mol. The van der Waals surface area contributed by atoms with E-state index in [0.717, 1.165) is 5.56 Å². The molecule has 0 aromatic heterocycles. The molecule has 94 valence electrons. The minimum absolute atomic E-state index is 0.329. The van der Waals surface area contributed by atoms with Crippen LogP contribution in [0.3, 0.4) is 0 Å². The Hall–Kier alpha value is -1.22. The molecule has 0 bridgehead atoms. The molecule has 0 fully saturated rings. The Labute approximate surface area is 107 Å². The van der Waals surface area contributed by atoms with Gasteiger partial charge in [0.1, 0.15) is 5.75 Å². The largest absolute Gasteiger partial charge is 0.478 e. The average Bonchev–Trinajstić information content (AvgIpc) is 2.28. The molecule has 0 spiro atoms. The first kappa shape index (κ1) is 13.8. The van der Waals surface area contributed by atoms with Crippen LogP contribution in [0.15, 0.2) is 18.2 Å². The van der Waals surface area contributed by atoms with Gasteiger partial charge in [-0.1, -0.05) is 18.5 Å². The molecule has 3 nitrogen and oxygen atoms in total. The van der Waals surface area contributed by atoms with Crippen LogP contribution in [0, 0.1) is 6.92 Å². The molecule has 1 unspecified atom stereocenters. The predicted octanol–water partition coefficient (Wildman–Crippen LogP) is 3.37. The second kappa shape index (κ2) is 6.50. The van der Waals surface area contributed by atoms with E-state index in [1.54, 1.807) is 25.1 Å². The molecule has 0 aliphatic rings. The zero-order chi connectivity index (χ0) is 12.8. The Bertz CT molecular complexity index is 390. The van der Waals surface area contributed by atoms with Gasteiger partial charge in [0.15, 0.2) is 6.10 Å². The van der Waals surface area contributed by atoms with Crippen molar-refractivity contribution in [1.82, 2.24) is 0 Å². The highest BCUT2D eigenvalue weighted by molar-refractivity contribution is 6.30. The maximum atomic E-state index is 11.6. The van der Waals surface area contributed by atoms with E-state index in [-0.39, 0.29) is 5.97 Å². The number of carbonyl (C=O) groups is 1. The smallest absolute Gasteiger partial charge is 0.347 e. The number of halogens is 1. The summed E-state index contributed by atoms with van der Waals surface area (Å²) >= 11 is 5.85. The van der Waals surface area contributed by atoms with Gasteiger partial charge in [0.2, 0.25) is 0 Å². The van der Waals surface area contributed by atoms with Crippen LogP contribution in [0.4, 0.5) is 0 Å². The molecule has 1 aromatic carbocycles. The van der Waals surface area contributed by atoms with E-state index >= 15 is 0 Å². The van der Waals surface area contributed by atoms with E-state index in [2.05, 4.69) is 0 Å². The maximum Gasteiger partial charge on any atom is 0.347 e. The van der Waals surface area contributed by atoms with Crippen molar-refractivity contribution in [2.45, 2.75) is 33.3 Å². The summed E-state index contributed by atoms with van der Waals surface area (Å²) in [4.78, 5) is 11.6. The van der Waals surface area contributed by atoms with Crippen LogP contribution in [0.5, 0.6) is 5.75 Å². The Balaban J connectivity index is 2.77. The minimum atomic E-state index is -0.560. The molecule has 1 rings (SSSR count). The molecule has 0 heterocycles. The normalized spacial score (nSPS) is 12.0. The van der Waals surface area contributed by atoms with Gasteiger partial charge < -0.3 is 9.47 Å². The zero-order valence-electron chi connectivity index (χ0n) is 10.3. The van der Waals surface area contributed by atoms with Gasteiger partial charge in [-0.05, 0) is 44.0 Å². The summed E-state index contributed by atoms with van der Waals surface area (Å²) in [6.45, 7) is 5.91.